The highest BCUT2D eigenvalue weighted by molar-refractivity contribution is 5.97. The van der Waals surface area contributed by atoms with Crippen LogP contribution in [0.5, 0.6) is 0 Å². The molecule has 1 aromatic rings. The van der Waals surface area contributed by atoms with Gasteiger partial charge in [0.1, 0.15) is 6.42 Å². The Morgan fingerprint density at radius 2 is 1.29 bits per heavy atom. The van der Waals surface area contributed by atoms with Gasteiger partial charge in [0.05, 0.1) is 0 Å². The number of benzene rings is 1. The highest BCUT2D eigenvalue weighted by atomic mass is 16.2. The Labute approximate surface area is 143 Å². The van der Waals surface area contributed by atoms with Crippen LogP contribution in [0.3, 0.4) is 0 Å². The van der Waals surface area contributed by atoms with Crippen molar-refractivity contribution in [3.8, 4) is 0 Å². The van der Waals surface area contributed by atoms with Gasteiger partial charge in [-0.3, -0.25) is 9.59 Å². The molecule has 24 heavy (non-hydrogen) atoms. The number of piperazine rings is 2. The van der Waals surface area contributed by atoms with E-state index in [2.05, 4.69) is 29.0 Å². The Bertz CT molecular complexity index is 562. The van der Waals surface area contributed by atoms with Crippen LogP contribution in [0.2, 0.25) is 0 Å². The van der Waals surface area contributed by atoms with Gasteiger partial charge in [0, 0.05) is 58.0 Å². The van der Waals surface area contributed by atoms with Crippen molar-refractivity contribution in [1.29, 1.82) is 0 Å². The second kappa shape index (κ2) is 7.66. The van der Waals surface area contributed by atoms with Crippen LogP contribution in [0.1, 0.15) is 6.42 Å². The Hall–Kier alpha value is -2.08. The van der Waals surface area contributed by atoms with E-state index in [1.54, 1.807) is 0 Å². The van der Waals surface area contributed by atoms with Crippen molar-refractivity contribution in [3.05, 3.63) is 30.3 Å². The number of carbonyl (C=O) groups excluding carboxylic acids is 2. The fourth-order valence-electron chi connectivity index (χ4n) is 3.26. The first-order chi connectivity index (χ1) is 11.6. The average Bonchev–Trinajstić information content (AvgIpc) is 2.63. The molecule has 0 aliphatic carbocycles. The van der Waals surface area contributed by atoms with Crippen molar-refractivity contribution in [1.82, 2.24) is 14.7 Å². The summed E-state index contributed by atoms with van der Waals surface area (Å²) in [5.41, 5.74) is 1.19. The van der Waals surface area contributed by atoms with Crippen LogP contribution in [-0.4, -0.2) is 85.9 Å². The molecule has 2 aliphatic rings. The summed E-state index contributed by atoms with van der Waals surface area (Å²) in [6.07, 6.45) is 0.00898. The standard InChI is InChI=1S/C18H26N4O2/c1-19-7-9-21(10-8-19)17(23)15-18(24)22-13-11-20(12-14-22)16-5-3-2-4-6-16/h2-6H,7-15H2,1H3. The van der Waals surface area contributed by atoms with Crippen molar-refractivity contribution >= 4 is 17.5 Å². The molecule has 2 aliphatic heterocycles. The maximum Gasteiger partial charge on any atom is 0.232 e. The maximum atomic E-state index is 12.4. The number of carbonyl (C=O) groups is 2. The first-order valence-corrected chi connectivity index (χ1v) is 8.67. The topological polar surface area (TPSA) is 47.1 Å². The molecule has 2 saturated heterocycles. The number of amides is 2. The van der Waals surface area contributed by atoms with Crippen LogP contribution >= 0.6 is 0 Å². The van der Waals surface area contributed by atoms with Crippen molar-refractivity contribution in [2.45, 2.75) is 6.42 Å². The van der Waals surface area contributed by atoms with Gasteiger partial charge < -0.3 is 19.6 Å². The van der Waals surface area contributed by atoms with Crippen molar-refractivity contribution < 1.29 is 9.59 Å². The van der Waals surface area contributed by atoms with Crippen LogP contribution in [0.25, 0.3) is 0 Å². The van der Waals surface area contributed by atoms with Crippen LogP contribution in [0, 0.1) is 0 Å². The SMILES string of the molecule is CN1CCN(C(=O)CC(=O)N2CCN(c3ccccc3)CC2)CC1. The minimum absolute atomic E-state index is 0.00898. The average molecular weight is 330 g/mol. The van der Waals surface area contributed by atoms with Crippen LogP contribution in [0.4, 0.5) is 5.69 Å². The van der Waals surface area contributed by atoms with Crippen molar-refractivity contribution in [2.24, 2.45) is 0 Å². The van der Waals surface area contributed by atoms with Gasteiger partial charge in [-0.2, -0.15) is 0 Å². The number of rotatable bonds is 3. The molecule has 1 aromatic carbocycles. The summed E-state index contributed by atoms with van der Waals surface area (Å²) in [6, 6.07) is 10.2. The Morgan fingerprint density at radius 1 is 0.792 bits per heavy atom. The molecule has 0 saturated carbocycles. The van der Waals surface area contributed by atoms with Gasteiger partial charge in [-0.05, 0) is 19.2 Å². The predicted octanol–water partition coefficient (Wildman–Crippen LogP) is 0.499. The molecule has 2 fully saturated rings. The largest absolute Gasteiger partial charge is 0.368 e. The fourth-order valence-corrected chi connectivity index (χ4v) is 3.26. The molecule has 0 N–H and O–H groups in total. The zero-order chi connectivity index (χ0) is 16.9. The normalized spacial score (nSPS) is 19.5. The first kappa shape index (κ1) is 16.8. The van der Waals surface area contributed by atoms with E-state index in [1.165, 1.54) is 5.69 Å². The third-order valence-electron chi connectivity index (χ3n) is 4.91. The third-order valence-corrected chi connectivity index (χ3v) is 4.91. The van der Waals surface area contributed by atoms with Crippen LogP contribution in [-0.2, 0) is 9.59 Å². The Morgan fingerprint density at radius 3 is 1.83 bits per heavy atom. The number of anilines is 1. The molecule has 0 atom stereocenters. The van der Waals surface area contributed by atoms with E-state index in [-0.39, 0.29) is 18.2 Å². The first-order valence-electron chi connectivity index (χ1n) is 8.67. The molecular weight excluding hydrogens is 304 g/mol. The summed E-state index contributed by atoms with van der Waals surface area (Å²) >= 11 is 0. The van der Waals surface area contributed by atoms with Gasteiger partial charge in [-0.1, -0.05) is 18.2 Å². The van der Waals surface area contributed by atoms with E-state index in [1.807, 2.05) is 28.0 Å². The molecule has 6 heteroatoms. The van der Waals surface area contributed by atoms with Gasteiger partial charge in [-0.25, -0.2) is 0 Å². The fraction of sp³-hybridized carbons (Fsp3) is 0.556. The Kier molecular flexibility index (Phi) is 5.35. The summed E-state index contributed by atoms with van der Waals surface area (Å²) in [6.45, 7) is 6.23. The lowest BCUT2D eigenvalue weighted by Gasteiger charge is -2.37. The lowest BCUT2D eigenvalue weighted by molar-refractivity contribution is -0.141. The molecule has 3 rings (SSSR count). The van der Waals surface area contributed by atoms with Crippen LogP contribution in [0.15, 0.2) is 30.3 Å². The molecule has 0 radical (unpaired) electrons. The van der Waals surface area contributed by atoms with E-state index in [0.29, 0.717) is 13.1 Å². The molecule has 130 valence electrons. The summed E-state index contributed by atoms with van der Waals surface area (Å²) in [5.74, 6) is -0.0646. The number of likely N-dealkylation sites (N-methyl/N-ethyl adjacent to an activating group) is 1. The highest BCUT2D eigenvalue weighted by Gasteiger charge is 2.26. The van der Waals surface area contributed by atoms with E-state index in [4.69, 9.17) is 0 Å². The third kappa shape index (κ3) is 4.06. The van der Waals surface area contributed by atoms with E-state index in [0.717, 1.165) is 39.3 Å². The van der Waals surface area contributed by atoms with E-state index >= 15 is 0 Å². The summed E-state index contributed by atoms with van der Waals surface area (Å²) in [5, 5.41) is 0. The highest BCUT2D eigenvalue weighted by Crippen LogP contribution is 2.16. The van der Waals surface area contributed by atoms with E-state index < -0.39 is 0 Å². The number of hydrogen-bond acceptors (Lipinski definition) is 4. The molecule has 0 spiro atoms. The van der Waals surface area contributed by atoms with Crippen LogP contribution < -0.4 is 4.90 Å². The predicted molar refractivity (Wildman–Crippen MR) is 93.9 cm³/mol. The molecule has 0 aromatic heterocycles. The monoisotopic (exact) mass is 330 g/mol. The minimum Gasteiger partial charge on any atom is -0.368 e. The number of para-hydroxylation sites is 1. The molecular formula is C18H26N4O2. The van der Waals surface area contributed by atoms with Gasteiger partial charge in [-0.15, -0.1) is 0 Å². The van der Waals surface area contributed by atoms with E-state index in [9.17, 15) is 9.59 Å². The molecule has 2 heterocycles. The van der Waals surface area contributed by atoms with Gasteiger partial charge >= 0.3 is 0 Å². The Balaban J connectivity index is 1.46. The van der Waals surface area contributed by atoms with Gasteiger partial charge in [0.2, 0.25) is 11.8 Å². The number of nitrogens with zero attached hydrogens (tertiary/aromatic N) is 4. The molecule has 6 nitrogen and oxygen atoms in total. The second-order valence-electron chi connectivity index (χ2n) is 6.56. The molecule has 0 unspecified atom stereocenters. The summed E-state index contributed by atoms with van der Waals surface area (Å²) in [7, 11) is 2.05. The van der Waals surface area contributed by atoms with Crippen molar-refractivity contribution in [3.63, 3.8) is 0 Å². The summed E-state index contributed by atoms with van der Waals surface area (Å²) in [4.78, 5) is 32.8. The van der Waals surface area contributed by atoms with Gasteiger partial charge in [0.15, 0.2) is 0 Å². The summed E-state index contributed by atoms with van der Waals surface area (Å²) < 4.78 is 0. The zero-order valence-electron chi connectivity index (χ0n) is 14.4. The number of hydrogen-bond donors (Lipinski definition) is 0. The lowest BCUT2D eigenvalue weighted by atomic mass is 10.2. The molecule has 2 amide bonds. The second-order valence-corrected chi connectivity index (χ2v) is 6.56. The quantitative estimate of drug-likeness (QED) is 0.757. The maximum absolute atomic E-state index is 12.4. The molecule has 0 bridgehead atoms. The van der Waals surface area contributed by atoms with Gasteiger partial charge in [0.25, 0.3) is 0 Å². The smallest absolute Gasteiger partial charge is 0.232 e. The lowest BCUT2D eigenvalue weighted by Crippen LogP contribution is -2.51. The minimum atomic E-state index is -0.0355. The van der Waals surface area contributed by atoms with Crippen molar-refractivity contribution in [2.75, 3.05) is 64.3 Å². The zero-order valence-corrected chi connectivity index (χ0v) is 14.4.